The second-order valence-corrected chi connectivity index (χ2v) is 11.5. The fourth-order valence-electron chi connectivity index (χ4n) is 4.13. The number of benzene rings is 1. The van der Waals surface area contributed by atoms with Gasteiger partial charge in [-0.2, -0.15) is 0 Å². The summed E-state index contributed by atoms with van der Waals surface area (Å²) in [4.78, 5) is 33.6. The highest BCUT2D eigenvalue weighted by Gasteiger charge is 2.05. The molecule has 0 atom stereocenters. The Hall–Kier alpha value is -3.01. The van der Waals surface area contributed by atoms with E-state index in [0.29, 0.717) is 158 Å². The molecular formula is C38H65NO17. The van der Waals surface area contributed by atoms with E-state index >= 15 is 0 Å². The van der Waals surface area contributed by atoms with Gasteiger partial charge in [-0.05, 0) is 18.4 Å². The number of hydrogen-bond acceptors (Lipinski definition) is 16. The van der Waals surface area contributed by atoms with Crippen LogP contribution in [-0.2, 0) is 77.8 Å². The number of ether oxygens (including phenoxy) is 13. The summed E-state index contributed by atoms with van der Waals surface area (Å²) in [6, 6.07) is 9.48. The molecule has 0 bridgehead atoms. The quantitative estimate of drug-likeness (QED) is 0.0718. The Bertz CT molecular complexity index is 1020. The lowest BCUT2D eigenvalue weighted by molar-refractivity contribution is -0.146. The maximum Gasteiger partial charge on any atom is 0.407 e. The number of unbranched alkanes of at least 4 members (excludes halogenated alkanes) is 1. The SMILES string of the molecule is O=C(O)CCCCC(=O)OCCOCCOCCOCCOCCOCCOCCOCCOCCOCCOCCOCCNC(=O)OCc1ccccc1. The average molecular weight is 808 g/mol. The van der Waals surface area contributed by atoms with E-state index in [1.165, 1.54) is 0 Å². The van der Waals surface area contributed by atoms with Gasteiger partial charge in [-0.25, -0.2) is 4.79 Å². The molecule has 0 aliphatic heterocycles. The molecule has 1 aromatic rings. The van der Waals surface area contributed by atoms with Crippen molar-refractivity contribution in [3.8, 4) is 0 Å². The molecule has 0 aliphatic carbocycles. The van der Waals surface area contributed by atoms with Crippen molar-refractivity contribution in [2.24, 2.45) is 0 Å². The fourth-order valence-corrected chi connectivity index (χ4v) is 4.13. The smallest absolute Gasteiger partial charge is 0.407 e. The highest BCUT2D eigenvalue weighted by atomic mass is 16.6. The van der Waals surface area contributed by atoms with Crippen molar-refractivity contribution in [3.05, 3.63) is 35.9 Å². The Morgan fingerprint density at radius 3 is 1.14 bits per heavy atom. The first-order chi connectivity index (χ1) is 27.6. The van der Waals surface area contributed by atoms with E-state index < -0.39 is 12.1 Å². The van der Waals surface area contributed by atoms with Crippen LogP contribution in [-0.4, -0.2) is 182 Å². The van der Waals surface area contributed by atoms with Crippen LogP contribution in [0.15, 0.2) is 30.3 Å². The van der Waals surface area contributed by atoms with Crippen LogP contribution in [0.5, 0.6) is 0 Å². The number of aliphatic carboxylic acids is 1. The van der Waals surface area contributed by atoms with Gasteiger partial charge in [-0.15, -0.1) is 0 Å². The van der Waals surface area contributed by atoms with Gasteiger partial charge in [0.25, 0.3) is 0 Å². The standard InChI is InChI=1S/C38H65NO17/c40-36(41)8-4-5-9-37(42)55-33-32-54-31-30-53-29-28-52-27-26-51-25-24-50-23-22-49-21-20-48-19-18-47-17-16-46-15-14-45-13-12-44-11-10-39-38(43)56-34-35-6-2-1-3-7-35/h1-3,6-7H,4-5,8-34H2,(H,39,43)(H,40,41). The lowest BCUT2D eigenvalue weighted by Crippen LogP contribution is -2.28. The number of carbonyl (C=O) groups is 3. The Kier molecular flexibility index (Phi) is 37.9. The lowest BCUT2D eigenvalue weighted by atomic mass is 10.2. The summed E-state index contributed by atoms with van der Waals surface area (Å²) in [5.41, 5.74) is 0.931. The van der Waals surface area contributed by atoms with Crippen molar-refractivity contribution in [2.75, 3.05) is 159 Å². The van der Waals surface area contributed by atoms with Gasteiger partial charge in [0.1, 0.15) is 13.2 Å². The van der Waals surface area contributed by atoms with Gasteiger partial charge in [-0.3, -0.25) is 9.59 Å². The Balaban J connectivity index is 1.64. The first kappa shape index (κ1) is 51.0. The zero-order valence-electron chi connectivity index (χ0n) is 32.9. The van der Waals surface area contributed by atoms with E-state index in [2.05, 4.69) is 5.32 Å². The topological polar surface area (TPSA) is 203 Å². The average Bonchev–Trinajstić information content (AvgIpc) is 3.20. The summed E-state index contributed by atoms with van der Waals surface area (Å²) in [5, 5.41) is 11.2. The monoisotopic (exact) mass is 807 g/mol. The van der Waals surface area contributed by atoms with Gasteiger partial charge >= 0.3 is 18.0 Å². The number of alkyl carbamates (subject to hydrolysis) is 1. The molecule has 1 rings (SSSR count). The lowest BCUT2D eigenvalue weighted by Gasteiger charge is -2.09. The Labute approximate surface area is 330 Å². The van der Waals surface area contributed by atoms with Crippen LogP contribution < -0.4 is 5.32 Å². The molecular weight excluding hydrogens is 742 g/mol. The zero-order valence-corrected chi connectivity index (χ0v) is 32.9. The van der Waals surface area contributed by atoms with Gasteiger partial charge in [0.15, 0.2) is 0 Å². The molecule has 0 heterocycles. The second-order valence-electron chi connectivity index (χ2n) is 11.5. The molecule has 1 amide bonds. The third-order valence-corrected chi connectivity index (χ3v) is 6.96. The maximum absolute atomic E-state index is 11.7. The zero-order chi connectivity index (χ0) is 40.3. The largest absolute Gasteiger partial charge is 0.481 e. The molecule has 0 aromatic heterocycles. The normalized spacial score (nSPS) is 11.1. The van der Waals surface area contributed by atoms with Crippen molar-refractivity contribution in [1.82, 2.24) is 5.32 Å². The molecule has 2 N–H and O–H groups in total. The Morgan fingerprint density at radius 2 is 0.768 bits per heavy atom. The van der Waals surface area contributed by atoms with E-state index in [1.54, 1.807) is 0 Å². The summed E-state index contributed by atoms with van der Waals surface area (Å²) in [6.07, 6.45) is 0.738. The molecule has 0 saturated carbocycles. The minimum atomic E-state index is -0.867. The minimum Gasteiger partial charge on any atom is -0.481 e. The predicted molar refractivity (Wildman–Crippen MR) is 201 cm³/mol. The number of carboxylic acids is 1. The van der Waals surface area contributed by atoms with Crippen molar-refractivity contribution >= 4 is 18.0 Å². The van der Waals surface area contributed by atoms with E-state index in [1.807, 2.05) is 30.3 Å². The molecule has 0 saturated heterocycles. The highest BCUT2D eigenvalue weighted by molar-refractivity contribution is 5.69. The summed E-state index contributed by atoms with van der Waals surface area (Å²) in [6.45, 7) is 10.4. The molecule has 324 valence electrons. The van der Waals surface area contributed by atoms with Crippen molar-refractivity contribution in [2.45, 2.75) is 32.3 Å². The van der Waals surface area contributed by atoms with Crippen LogP contribution in [0.3, 0.4) is 0 Å². The van der Waals surface area contributed by atoms with Crippen molar-refractivity contribution < 1.29 is 81.1 Å². The van der Waals surface area contributed by atoms with E-state index in [-0.39, 0.29) is 38.6 Å². The van der Waals surface area contributed by atoms with Crippen molar-refractivity contribution in [3.63, 3.8) is 0 Å². The molecule has 56 heavy (non-hydrogen) atoms. The summed E-state index contributed by atoms with van der Waals surface area (Å²) < 4.78 is 70.0. The summed E-state index contributed by atoms with van der Waals surface area (Å²) in [7, 11) is 0. The van der Waals surface area contributed by atoms with Gasteiger partial charge in [-0.1, -0.05) is 30.3 Å². The fraction of sp³-hybridized carbons (Fsp3) is 0.763. The number of amides is 1. The molecule has 0 spiro atoms. The molecule has 0 aliphatic rings. The van der Waals surface area contributed by atoms with Crippen LogP contribution in [0.1, 0.15) is 31.2 Å². The molecule has 0 radical (unpaired) electrons. The molecule has 18 heteroatoms. The third kappa shape index (κ3) is 39.2. The number of carbonyl (C=O) groups excluding carboxylic acids is 2. The minimum absolute atomic E-state index is 0.0552. The van der Waals surface area contributed by atoms with Gasteiger partial charge in [0.05, 0.1) is 145 Å². The van der Waals surface area contributed by atoms with E-state index in [4.69, 9.17) is 66.7 Å². The van der Waals surface area contributed by atoms with E-state index in [0.717, 1.165) is 5.56 Å². The number of hydrogen-bond donors (Lipinski definition) is 2. The van der Waals surface area contributed by atoms with Gasteiger partial charge in [0.2, 0.25) is 0 Å². The number of carboxylic acid groups (broad SMARTS) is 1. The molecule has 0 unspecified atom stereocenters. The molecule has 18 nitrogen and oxygen atoms in total. The maximum atomic E-state index is 11.7. The number of esters is 1. The van der Waals surface area contributed by atoms with Gasteiger partial charge < -0.3 is 72.0 Å². The summed E-state index contributed by atoms with van der Waals surface area (Å²) >= 11 is 0. The number of nitrogens with one attached hydrogen (secondary N) is 1. The van der Waals surface area contributed by atoms with Crippen LogP contribution >= 0.6 is 0 Å². The van der Waals surface area contributed by atoms with Gasteiger partial charge in [0, 0.05) is 19.4 Å². The Morgan fingerprint density at radius 1 is 0.429 bits per heavy atom. The third-order valence-electron chi connectivity index (χ3n) is 6.96. The van der Waals surface area contributed by atoms with E-state index in [9.17, 15) is 14.4 Å². The first-order valence-corrected chi connectivity index (χ1v) is 19.2. The highest BCUT2D eigenvalue weighted by Crippen LogP contribution is 2.02. The van der Waals surface area contributed by atoms with Crippen LogP contribution in [0.4, 0.5) is 4.79 Å². The first-order valence-electron chi connectivity index (χ1n) is 19.2. The second kappa shape index (κ2) is 41.6. The van der Waals surface area contributed by atoms with Crippen LogP contribution in [0.25, 0.3) is 0 Å². The molecule has 1 aromatic carbocycles. The van der Waals surface area contributed by atoms with Crippen molar-refractivity contribution in [1.29, 1.82) is 0 Å². The molecule has 0 fully saturated rings. The summed E-state index contributed by atoms with van der Waals surface area (Å²) in [5.74, 6) is -1.22. The van der Waals surface area contributed by atoms with Crippen LogP contribution in [0, 0.1) is 0 Å². The number of rotatable bonds is 43. The van der Waals surface area contributed by atoms with Crippen LogP contribution in [0.2, 0.25) is 0 Å². The predicted octanol–water partition coefficient (Wildman–Crippen LogP) is 2.28.